The molecule has 1 aliphatic rings. The van der Waals surface area contributed by atoms with Gasteiger partial charge in [-0.25, -0.2) is 14.6 Å². The van der Waals surface area contributed by atoms with Crippen molar-refractivity contribution in [2.75, 3.05) is 58.4 Å². The summed E-state index contributed by atoms with van der Waals surface area (Å²) >= 11 is 0. The lowest BCUT2D eigenvalue weighted by molar-refractivity contribution is 0.0358. The molecule has 2 N–H and O–H groups in total. The number of hydrogen-bond donors (Lipinski definition) is 2. The van der Waals surface area contributed by atoms with E-state index in [9.17, 15) is 14.4 Å². The Kier molecular flexibility index (Phi) is 11.8. The zero-order valence-corrected chi connectivity index (χ0v) is 27.6. The van der Waals surface area contributed by atoms with Crippen LogP contribution in [0.25, 0.3) is 11.0 Å². The molecule has 2 amide bonds. The highest BCUT2D eigenvalue weighted by Gasteiger charge is 2.22. The van der Waals surface area contributed by atoms with Crippen molar-refractivity contribution in [2.45, 2.75) is 59.7 Å². The van der Waals surface area contributed by atoms with Crippen LogP contribution < -0.4 is 15.4 Å². The van der Waals surface area contributed by atoms with E-state index in [-0.39, 0.29) is 30.5 Å². The molecule has 3 heterocycles. The molecule has 250 valence electrons. The first-order valence-corrected chi connectivity index (χ1v) is 15.5. The number of allylic oxidation sites excluding steroid dienone is 1. The van der Waals surface area contributed by atoms with Gasteiger partial charge in [0.2, 0.25) is 5.95 Å². The van der Waals surface area contributed by atoms with Gasteiger partial charge in [0, 0.05) is 39.3 Å². The average molecular weight is 640 g/mol. The van der Waals surface area contributed by atoms with Gasteiger partial charge in [0.15, 0.2) is 0 Å². The summed E-state index contributed by atoms with van der Waals surface area (Å²) in [5.74, 6) is -0.222. The fourth-order valence-electron chi connectivity index (χ4n) is 5.00. The van der Waals surface area contributed by atoms with E-state index in [0.717, 1.165) is 45.0 Å². The van der Waals surface area contributed by atoms with E-state index >= 15 is 0 Å². The number of morpholine rings is 1. The number of methoxy groups -OCH3 is 1. The second-order valence-electron chi connectivity index (χ2n) is 11.8. The number of rotatable bonds is 13. The van der Waals surface area contributed by atoms with Crippen molar-refractivity contribution in [3.63, 3.8) is 0 Å². The molecule has 0 aliphatic carbocycles. The number of alkyl carbamates (subject to hydrolysis) is 1. The van der Waals surface area contributed by atoms with Gasteiger partial charge in [-0.2, -0.15) is 5.10 Å². The first kappa shape index (κ1) is 34.4. The van der Waals surface area contributed by atoms with Crippen LogP contribution in [0.15, 0.2) is 30.4 Å². The Labute approximate surface area is 269 Å². The van der Waals surface area contributed by atoms with Crippen molar-refractivity contribution in [3.8, 4) is 5.75 Å². The molecule has 1 aromatic carbocycles. The number of nitrogens with one attached hydrogen (secondary N) is 2. The van der Waals surface area contributed by atoms with E-state index in [1.807, 2.05) is 19.9 Å². The van der Waals surface area contributed by atoms with Crippen LogP contribution in [-0.4, -0.2) is 101 Å². The minimum absolute atomic E-state index is 0.232. The van der Waals surface area contributed by atoms with Crippen molar-refractivity contribution in [1.82, 2.24) is 29.5 Å². The molecule has 14 nitrogen and oxygen atoms in total. The molecule has 0 atom stereocenters. The summed E-state index contributed by atoms with van der Waals surface area (Å²) in [6.45, 7) is 14.6. The maximum Gasteiger partial charge on any atom is 0.407 e. The Bertz CT molecular complexity index is 1550. The molecule has 3 aromatic rings. The predicted octanol–water partition coefficient (Wildman–Crippen LogP) is 3.78. The van der Waals surface area contributed by atoms with Crippen LogP contribution in [0.1, 0.15) is 60.7 Å². The van der Waals surface area contributed by atoms with Crippen LogP contribution in [0.5, 0.6) is 5.75 Å². The second kappa shape index (κ2) is 15.7. The number of aromatic nitrogens is 4. The van der Waals surface area contributed by atoms with Crippen molar-refractivity contribution >= 4 is 35.0 Å². The minimum Gasteiger partial charge on any atom is -0.491 e. The third kappa shape index (κ3) is 9.30. The molecular formula is C32H45N7O7. The molecule has 46 heavy (non-hydrogen) atoms. The molecule has 0 unspecified atom stereocenters. The number of amides is 2. The summed E-state index contributed by atoms with van der Waals surface area (Å²) in [5.41, 5.74) is 1.82. The van der Waals surface area contributed by atoms with Gasteiger partial charge in [0.05, 0.1) is 43.7 Å². The highest BCUT2D eigenvalue weighted by atomic mass is 16.6. The van der Waals surface area contributed by atoms with E-state index in [4.69, 9.17) is 23.9 Å². The molecule has 4 rings (SSSR count). The number of ether oxygens (including phenoxy) is 4. The summed E-state index contributed by atoms with van der Waals surface area (Å²) in [4.78, 5) is 45.1. The average Bonchev–Trinajstić information content (AvgIpc) is 3.57. The van der Waals surface area contributed by atoms with E-state index in [0.29, 0.717) is 35.6 Å². The minimum atomic E-state index is -0.607. The summed E-state index contributed by atoms with van der Waals surface area (Å²) in [6, 6.07) is 4.96. The quantitative estimate of drug-likeness (QED) is 0.161. The molecule has 1 fully saturated rings. The van der Waals surface area contributed by atoms with Gasteiger partial charge in [-0.3, -0.25) is 19.7 Å². The topological polar surface area (TPSA) is 151 Å². The first-order chi connectivity index (χ1) is 22.0. The van der Waals surface area contributed by atoms with Crippen molar-refractivity contribution in [1.29, 1.82) is 0 Å². The lowest BCUT2D eigenvalue weighted by Gasteiger charge is -2.26. The number of aryl methyl sites for hydroxylation is 2. The Morgan fingerprint density at radius 2 is 1.87 bits per heavy atom. The smallest absolute Gasteiger partial charge is 0.407 e. The number of fused-ring (bicyclic) bond motifs is 1. The van der Waals surface area contributed by atoms with E-state index in [2.05, 4.69) is 20.6 Å². The van der Waals surface area contributed by atoms with E-state index in [1.54, 1.807) is 54.3 Å². The van der Waals surface area contributed by atoms with E-state index < -0.39 is 17.7 Å². The predicted molar refractivity (Wildman–Crippen MR) is 172 cm³/mol. The summed E-state index contributed by atoms with van der Waals surface area (Å²) in [6.07, 6.45) is 3.86. The number of esters is 1. The standard InChI is InChI=1S/C32H45N7O7/c1-7-39-25(19-22(2)36-39)28(40)35-30-34-24-20-23(29(41)43-6)21-26(45-16-10-12-37-14-17-44-18-15-37)27(24)38(30)13-9-8-11-33-31(42)46-32(3,4)5/h8-9,19-21H,7,10-18H2,1-6H3,(H,33,42)(H,34,35,40). The van der Waals surface area contributed by atoms with Crippen LogP contribution in [0.2, 0.25) is 0 Å². The molecule has 1 aliphatic heterocycles. The SMILES string of the molecule is CCn1nc(C)cc1C(=O)Nc1nc2cc(C(=O)OC)cc(OCCCN3CCOCC3)c2n1CC=CCNC(=O)OC(C)(C)C. The highest BCUT2D eigenvalue weighted by Crippen LogP contribution is 2.32. The number of carbonyl (C=O) groups excluding carboxylic acids is 3. The third-order valence-electron chi connectivity index (χ3n) is 7.09. The highest BCUT2D eigenvalue weighted by molar-refractivity contribution is 6.04. The van der Waals surface area contributed by atoms with Crippen molar-refractivity contribution in [2.24, 2.45) is 0 Å². The molecule has 0 bridgehead atoms. The largest absolute Gasteiger partial charge is 0.491 e. The van der Waals surface area contributed by atoms with Gasteiger partial charge in [-0.15, -0.1) is 0 Å². The molecule has 2 aromatic heterocycles. The first-order valence-electron chi connectivity index (χ1n) is 15.5. The van der Waals surface area contributed by atoms with Gasteiger partial charge in [-0.05, 0) is 59.2 Å². The number of benzene rings is 1. The van der Waals surface area contributed by atoms with Crippen LogP contribution in [0.3, 0.4) is 0 Å². The molecule has 0 saturated carbocycles. The van der Waals surface area contributed by atoms with Gasteiger partial charge in [0.1, 0.15) is 22.6 Å². The van der Waals surface area contributed by atoms with Crippen molar-refractivity contribution < 1.29 is 33.3 Å². The Morgan fingerprint density at radius 1 is 1.11 bits per heavy atom. The number of imidazole rings is 1. The maximum absolute atomic E-state index is 13.4. The van der Waals surface area contributed by atoms with Gasteiger partial charge in [-0.1, -0.05) is 12.2 Å². The van der Waals surface area contributed by atoms with Crippen LogP contribution in [-0.2, 0) is 27.3 Å². The second-order valence-corrected chi connectivity index (χ2v) is 11.8. The maximum atomic E-state index is 13.4. The molecular weight excluding hydrogens is 594 g/mol. The Morgan fingerprint density at radius 3 is 2.57 bits per heavy atom. The molecule has 0 spiro atoms. The number of anilines is 1. The Hall–Kier alpha value is -4.43. The zero-order valence-electron chi connectivity index (χ0n) is 27.6. The van der Waals surface area contributed by atoms with Gasteiger partial charge >= 0.3 is 12.1 Å². The zero-order chi connectivity index (χ0) is 33.3. The third-order valence-corrected chi connectivity index (χ3v) is 7.09. The fourth-order valence-corrected chi connectivity index (χ4v) is 5.00. The van der Waals surface area contributed by atoms with Crippen molar-refractivity contribution in [3.05, 3.63) is 47.3 Å². The number of nitrogens with zero attached hydrogens (tertiary/aromatic N) is 5. The van der Waals surface area contributed by atoms with Crippen LogP contribution in [0.4, 0.5) is 10.7 Å². The normalized spacial score (nSPS) is 14.0. The lowest BCUT2D eigenvalue weighted by Crippen LogP contribution is -2.37. The number of carbonyl (C=O) groups is 3. The number of hydrogen-bond acceptors (Lipinski definition) is 10. The summed E-state index contributed by atoms with van der Waals surface area (Å²) < 4.78 is 25.4. The van der Waals surface area contributed by atoms with E-state index in [1.165, 1.54) is 7.11 Å². The lowest BCUT2D eigenvalue weighted by atomic mass is 10.2. The molecule has 1 saturated heterocycles. The van der Waals surface area contributed by atoms with Gasteiger partial charge < -0.3 is 28.8 Å². The Balaban J connectivity index is 1.64. The van der Waals surface area contributed by atoms with Crippen LogP contribution in [0, 0.1) is 6.92 Å². The van der Waals surface area contributed by atoms with Crippen LogP contribution >= 0.6 is 0 Å². The fraction of sp³-hybridized carbons (Fsp3) is 0.531. The summed E-state index contributed by atoms with van der Waals surface area (Å²) in [5, 5.41) is 10.0. The van der Waals surface area contributed by atoms with Gasteiger partial charge in [0.25, 0.3) is 5.91 Å². The summed E-state index contributed by atoms with van der Waals surface area (Å²) in [7, 11) is 1.31. The molecule has 0 radical (unpaired) electrons. The molecule has 14 heteroatoms. The monoisotopic (exact) mass is 639 g/mol.